The molecule has 0 aliphatic carbocycles. The molecule has 0 aromatic heterocycles. The lowest BCUT2D eigenvalue weighted by atomic mass is 9.76. The van der Waals surface area contributed by atoms with Crippen molar-refractivity contribution in [2.75, 3.05) is 19.8 Å². The summed E-state index contributed by atoms with van der Waals surface area (Å²) in [5, 5.41) is 0. The molecule has 0 bridgehead atoms. The Labute approximate surface area is 124 Å². The molecule has 0 saturated carbocycles. The van der Waals surface area contributed by atoms with Gasteiger partial charge >= 0.3 is 0 Å². The van der Waals surface area contributed by atoms with E-state index in [-0.39, 0.29) is 5.60 Å². The molecule has 4 unspecified atom stereocenters. The third-order valence-corrected chi connectivity index (χ3v) is 4.84. The van der Waals surface area contributed by atoms with Crippen LogP contribution in [0.1, 0.15) is 59.8 Å². The van der Waals surface area contributed by atoms with E-state index >= 15 is 0 Å². The fourth-order valence-electron chi connectivity index (χ4n) is 4.08. The van der Waals surface area contributed by atoms with Gasteiger partial charge in [0.25, 0.3) is 0 Å². The van der Waals surface area contributed by atoms with Crippen molar-refractivity contribution in [1.82, 2.24) is 0 Å². The first-order valence-electron chi connectivity index (χ1n) is 8.27. The van der Waals surface area contributed by atoms with Crippen LogP contribution in [0.15, 0.2) is 0 Å². The van der Waals surface area contributed by atoms with E-state index in [1.807, 2.05) is 0 Å². The number of nitrogens with two attached hydrogens (primary N) is 1. The molecule has 2 rings (SSSR count). The van der Waals surface area contributed by atoms with Crippen LogP contribution in [0.2, 0.25) is 0 Å². The molecule has 3 nitrogen and oxygen atoms in total. The normalized spacial score (nSPS) is 34.4. The lowest BCUT2D eigenvalue weighted by Gasteiger charge is -2.40. The molecular weight excluding hydrogens is 250 g/mol. The van der Waals surface area contributed by atoms with Gasteiger partial charge in [0, 0.05) is 25.7 Å². The summed E-state index contributed by atoms with van der Waals surface area (Å²) in [7, 11) is 0. The molecule has 4 atom stereocenters. The maximum Gasteiger partial charge on any atom is 0.0939 e. The zero-order valence-corrected chi connectivity index (χ0v) is 13.8. The van der Waals surface area contributed by atoms with Crippen molar-refractivity contribution in [3.63, 3.8) is 0 Å². The fourth-order valence-corrected chi connectivity index (χ4v) is 4.08. The Morgan fingerprint density at radius 3 is 2.65 bits per heavy atom. The van der Waals surface area contributed by atoms with Crippen LogP contribution in [-0.2, 0) is 9.47 Å². The van der Waals surface area contributed by atoms with Crippen LogP contribution in [0.25, 0.3) is 0 Å². The largest absolute Gasteiger partial charge is 0.378 e. The van der Waals surface area contributed by atoms with Crippen molar-refractivity contribution in [2.24, 2.45) is 23.0 Å². The SMILES string of the molecule is CC(CC(N)C1CCOC2(CCOC2)C1)CC(C)(C)C. The molecular formula is C17H33NO2. The Balaban J connectivity index is 1.84. The molecule has 3 heteroatoms. The third kappa shape index (κ3) is 4.44. The molecule has 1 spiro atoms. The molecule has 2 aliphatic rings. The van der Waals surface area contributed by atoms with Crippen LogP contribution in [0.4, 0.5) is 0 Å². The van der Waals surface area contributed by atoms with Crippen molar-refractivity contribution in [2.45, 2.75) is 71.4 Å². The van der Waals surface area contributed by atoms with Gasteiger partial charge < -0.3 is 15.2 Å². The van der Waals surface area contributed by atoms with Crippen molar-refractivity contribution in [3.8, 4) is 0 Å². The minimum atomic E-state index is -0.00615. The van der Waals surface area contributed by atoms with E-state index in [1.165, 1.54) is 6.42 Å². The van der Waals surface area contributed by atoms with Gasteiger partial charge in [-0.25, -0.2) is 0 Å². The smallest absolute Gasteiger partial charge is 0.0939 e. The molecule has 20 heavy (non-hydrogen) atoms. The standard InChI is InChI=1S/C17H33NO2/c1-13(10-16(2,3)4)9-15(18)14-5-7-20-17(11-14)6-8-19-12-17/h13-15H,5-12,18H2,1-4H3. The third-order valence-electron chi connectivity index (χ3n) is 4.84. The summed E-state index contributed by atoms with van der Waals surface area (Å²) in [6, 6.07) is 0.314. The van der Waals surface area contributed by atoms with Gasteiger partial charge in [-0.05, 0) is 42.9 Å². The minimum Gasteiger partial charge on any atom is -0.378 e. The van der Waals surface area contributed by atoms with Crippen molar-refractivity contribution in [1.29, 1.82) is 0 Å². The highest BCUT2D eigenvalue weighted by molar-refractivity contribution is 4.93. The summed E-state index contributed by atoms with van der Waals surface area (Å²) in [6.45, 7) is 11.8. The maximum absolute atomic E-state index is 6.52. The monoisotopic (exact) mass is 283 g/mol. The Hall–Kier alpha value is -0.120. The molecule has 2 N–H and O–H groups in total. The lowest BCUT2D eigenvalue weighted by Crippen LogP contribution is -2.46. The quantitative estimate of drug-likeness (QED) is 0.860. The number of ether oxygens (including phenoxy) is 2. The molecule has 0 aromatic carbocycles. The van der Waals surface area contributed by atoms with Crippen LogP contribution >= 0.6 is 0 Å². The highest BCUT2D eigenvalue weighted by atomic mass is 16.6. The van der Waals surface area contributed by atoms with Gasteiger partial charge in [0.2, 0.25) is 0 Å². The van der Waals surface area contributed by atoms with Gasteiger partial charge in [0.1, 0.15) is 0 Å². The average molecular weight is 283 g/mol. The highest BCUT2D eigenvalue weighted by Crippen LogP contribution is 2.38. The number of hydrogen-bond donors (Lipinski definition) is 1. The van der Waals surface area contributed by atoms with E-state index in [9.17, 15) is 0 Å². The first kappa shape index (κ1) is 16.3. The summed E-state index contributed by atoms with van der Waals surface area (Å²) in [6.07, 6.45) is 5.65. The molecule has 0 radical (unpaired) electrons. The second-order valence-electron chi connectivity index (χ2n) is 8.36. The fraction of sp³-hybridized carbons (Fsp3) is 1.00. The summed E-state index contributed by atoms with van der Waals surface area (Å²) >= 11 is 0. The number of hydrogen-bond acceptors (Lipinski definition) is 3. The van der Waals surface area contributed by atoms with E-state index in [1.54, 1.807) is 0 Å². The molecule has 0 amide bonds. The van der Waals surface area contributed by atoms with E-state index in [0.717, 1.165) is 45.5 Å². The Morgan fingerprint density at radius 2 is 2.05 bits per heavy atom. The predicted molar refractivity (Wildman–Crippen MR) is 82.7 cm³/mol. The van der Waals surface area contributed by atoms with Crippen LogP contribution < -0.4 is 5.73 Å². The summed E-state index contributed by atoms with van der Waals surface area (Å²) < 4.78 is 11.6. The second kappa shape index (κ2) is 6.33. The van der Waals surface area contributed by atoms with Crippen molar-refractivity contribution >= 4 is 0 Å². The first-order valence-corrected chi connectivity index (χ1v) is 8.27. The van der Waals surface area contributed by atoms with E-state index in [2.05, 4.69) is 27.7 Å². The zero-order chi connectivity index (χ0) is 14.8. The van der Waals surface area contributed by atoms with Gasteiger partial charge in [0.15, 0.2) is 0 Å². The van der Waals surface area contributed by atoms with Crippen LogP contribution in [0.5, 0.6) is 0 Å². The van der Waals surface area contributed by atoms with Gasteiger partial charge in [0.05, 0.1) is 12.2 Å². The molecule has 0 aromatic rings. The second-order valence-corrected chi connectivity index (χ2v) is 8.36. The molecule has 2 aliphatic heterocycles. The lowest BCUT2D eigenvalue weighted by molar-refractivity contribution is -0.102. The molecule has 2 fully saturated rings. The zero-order valence-electron chi connectivity index (χ0n) is 13.8. The number of rotatable bonds is 4. The predicted octanol–water partition coefficient (Wildman–Crippen LogP) is 3.36. The van der Waals surface area contributed by atoms with Gasteiger partial charge in [-0.15, -0.1) is 0 Å². The highest BCUT2D eigenvalue weighted by Gasteiger charge is 2.42. The van der Waals surface area contributed by atoms with Crippen LogP contribution in [-0.4, -0.2) is 31.5 Å². The molecule has 2 heterocycles. The van der Waals surface area contributed by atoms with Crippen molar-refractivity contribution in [3.05, 3.63) is 0 Å². The Bertz CT molecular complexity index is 305. The van der Waals surface area contributed by atoms with Crippen LogP contribution in [0, 0.1) is 17.3 Å². The molecule has 118 valence electrons. The van der Waals surface area contributed by atoms with E-state index in [0.29, 0.717) is 23.3 Å². The molecule has 2 saturated heterocycles. The topological polar surface area (TPSA) is 44.5 Å². The maximum atomic E-state index is 6.52. The summed E-state index contributed by atoms with van der Waals surface area (Å²) in [4.78, 5) is 0. The van der Waals surface area contributed by atoms with Gasteiger partial charge in [-0.2, -0.15) is 0 Å². The Morgan fingerprint density at radius 1 is 1.30 bits per heavy atom. The Kier molecular flexibility index (Phi) is 5.14. The summed E-state index contributed by atoms with van der Waals surface area (Å²) in [5.41, 5.74) is 6.91. The van der Waals surface area contributed by atoms with E-state index < -0.39 is 0 Å². The van der Waals surface area contributed by atoms with Gasteiger partial charge in [-0.1, -0.05) is 27.7 Å². The van der Waals surface area contributed by atoms with Crippen LogP contribution in [0.3, 0.4) is 0 Å². The first-order chi connectivity index (χ1) is 9.30. The van der Waals surface area contributed by atoms with Gasteiger partial charge in [-0.3, -0.25) is 0 Å². The van der Waals surface area contributed by atoms with E-state index in [4.69, 9.17) is 15.2 Å². The average Bonchev–Trinajstić information content (AvgIpc) is 2.74. The van der Waals surface area contributed by atoms with Crippen molar-refractivity contribution < 1.29 is 9.47 Å². The minimum absolute atomic E-state index is 0.00615. The summed E-state index contributed by atoms with van der Waals surface area (Å²) in [5.74, 6) is 1.30.